The second-order valence-electron chi connectivity index (χ2n) is 6.11. The molecule has 1 amide bonds. The molecular formula is C17H18N2O2. The van der Waals surface area contributed by atoms with Gasteiger partial charge in [-0.1, -0.05) is 35.5 Å². The van der Waals surface area contributed by atoms with Crippen molar-refractivity contribution in [1.82, 2.24) is 10.5 Å². The van der Waals surface area contributed by atoms with Crippen molar-refractivity contribution >= 4 is 5.91 Å². The van der Waals surface area contributed by atoms with Gasteiger partial charge in [0, 0.05) is 18.5 Å². The molecule has 0 unspecified atom stereocenters. The number of aromatic nitrogens is 1. The third-order valence-electron chi connectivity index (χ3n) is 4.42. The number of carbonyl (C=O) groups excluding carboxylic acids is 1. The van der Waals surface area contributed by atoms with Crippen LogP contribution in [-0.4, -0.2) is 17.6 Å². The zero-order valence-corrected chi connectivity index (χ0v) is 11.8. The second-order valence-corrected chi connectivity index (χ2v) is 6.11. The first kappa shape index (κ1) is 12.6. The molecule has 4 nitrogen and oxygen atoms in total. The number of rotatable bonds is 5. The van der Waals surface area contributed by atoms with Gasteiger partial charge in [0.2, 0.25) is 0 Å². The van der Waals surface area contributed by atoms with Crippen molar-refractivity contribution in [3.05, 3.63) is 53.4 Å². The molecule has 2 fully saturated rings. The third kappa shape index (κ3) is 2.71. The molecule has 0 bridgehead atoms. The normalized spacial score (nSPS) is 23.8. The second kappa shape index (κ2) is 5.02. The number of hydrogen-bond acceptors (Lipinski definition) is 3. The molecule has 2 aliphatic rings. The minimum Gasteiger partial charge on any atom is -0.360 e. The number of nitrogens with one attached hydrogen (secondary N) is 1. The molecule has 21 heavy (non-hydrogen) atoms. The van der Waals surface area contributed by atoms with E-state index in [2.05, 4.69) is 34.7 Å². The first-order valence-corrected chi connectivity index (χ1v) is 7.61. The molecule has 4 heteroatoms. The summed E-state index contributed by atoms with van der Waals surface area (Å²) in [5.74, 6) is 2.36. The predicted molar refractivity (Wildman–Crippen MR) is 78.1 cm³/mol. The van der Waals surface area contributed by atoms with Crippen molar-refractivity contribution in [2.75, 3.05) is 6.54 Å². The van der Waals surface area contributed by atoms with Gasteiger partial charge in [-0.3, -0.25) is 4.79 Å². The van der Waals surface area contributed by atoms with E-state index in [1.54, 1.807) is 6.07 Å². The zero-order chi connectivity index (χ0) is 14.2. The molecule has 0 radical (unpaired) electrons. The fourth-order valence-corrected chi connectivity index (χ4v) is 2.85. The molecule has 1 aromatic carbocycles. The standard InChI is InChI=1S/C17H18N2O2/c20-17(15-9-16(21-19-15)12-6-7-12)18-10-13-8-14(13)11-4-2-1-3-5-11/h1-5,9,12-14H,6-8,10H2,(H,18,20)/t13-,14+/m1/s1. The lowest BCUT2D eigenvalue weighted by atomic mass is 10.1. The van der Waals surface area contributed by atoms with Crippen LogP contribution in [0.15, 0.2) is 40.9 Å². The highest BCUT2D eigenvalue weighted by atomic mass is 16.5. The quantitative estimate of drug-likeness (QED) is 0.917. The Morgan fingerprint density at radius 2 is 2.10 bits per heavy atom. The van der Waals surface area contributed by atoms with Gasteiger partial charge in [-0.2, -0.15) is 0 Å². The van der Waals surface area contributed by atoms with Crippen LogP contribution >= 0.6 is 0 Å². The molecule has 1 N–H and O–H groups in total. The zero-order valence-electron chi connectivity index (χ0n) is 11.8. The number of benzene rings is 1. The summed E-state index contributed by atoms with van der Waals surface area (Å²) in [7, 11) is 0. The summed E-state index contributed by atoms with van der Waals surface area (Å²) in [6.45, 7) is 0.712. The molecule has 0 aliphatic heterocycles. The smallest absolute Gasteiger partial charge is 0.273 e. The van der Waals surface area contributed by atoms with Crippen LogP contribution in [0.4, 0.5) is 0 Å². The first-order valence-electron chi connectivity index (χ1n) is 7.61. The van der Waals surface area contributed by atoms with Gasteiger partial charge < -0.3 is 9.84 Å². The molecular weight excluding hydrogens is 264 g/mol. The van der Waals surface area contributed by atoms with Crippen molar-refractivity contribution in [2.24, 2.45) is 5.92 Å². The summed E-state index contributed by atoms with van der Waals surface area (Å²) < 4.78 is 5.21. The van der Waals surface area contributed by atoms with E-state index in [0.29, 0.717) is 30.0 Å². The van der Waals surface area contributed by atoms with Crippen LogP contribution in [0.5, 0.6) is 0 Å². The Labute approximate surface area is 123 Å². The van der Waals surface area contributed by atoms with Gasteiger partial charge in [0.1, 0.15) is 5.76 Å². The fourth-order valence-electron chi connectivity index (χ4n) is 2.85. The number of amides is 1. The lowest BCUT2D eigenvalue weighted by Gasteiger charge is -2.02. The van der Waals surface area contributed by atoms with Gasteiger partial charge in [-0.25, -0.2) is 0 Å². The summed E-state index contributed by atoms with van der Waals surface area (Å²) in [6.07, 6.45) is 3.45. The monoisotopic (exact) mass is 282 g/mol. The minimum absolute atomic E-state index is 0.121. The van der Waals surface area contributed by atoms with Gasteiger partial charge >= 0.3 is 0 Å². The van der Waals surface area contributed by atoms with Crippen LogP contribution in [0.3, 0.4) is 0 Å². The summed E-state index contributed by atoms with van der Waals surface area (Å²) in [4.78, 5) is 12.0. The summed E-state index contributed by atoms with van der Waals surface area (Å²) in [5, 5.41) is 6.84. The summed E-state index contributed by atoms with van der Waals surface area (Å²) in [6, 6.07) is 12.3. The van der Waals surface area contributed by atoms with E-state index in [9.17, 15) is 4.79 Å². The van der Waals surface area contributed by atoms with Crippen LogP contribution in [0, 0.1) is 5.92 Å². The van der Waals surface area contributed by atoms with E-state index in [-0.39, 0.29) is 5.91 Å². The number of hydrogen-bond donors (Lipinski definition) is 1. The third-order valence-corrected chi connectivity index (χ3v) is 4.42. The van der Waals surface area contributed by atoms with Gasteiger partial charge in [-0.05, 0) is 36.7 Å². The largest absolute Gasteiger partial charge is 0.360 e. The van der Waals surface area contributed by atoms with Gasteiger partial charge in [0.25, 0.3) is 5.91 Å². The van der Waals surface area contributed by atoms with Crippen LogP contribution in [-0.2, 0) is 0 Å². The fraction of sp³-hybridized carbons (Fsp3) is 0.412. The van der Waals surface area contributed by atoms with E-state index in [1.165, 1.54) is 5.56 Å². The van der Waals surface area contributed by atoms with Crippen LogP contribution in [0.2, 0.25) is 0 Å². The SMILES string of the molecule is O=C(NC[C@H]1C[C@H]1c1ccccc1)c1cc(C2CC2)on1. The molecule has 2 aromatic rings. The molecule has 1 heterocycles. The predicted octanol–water partition coefficient (Wildman–Crippen LogP) is 3.09. The Kier molecular flexibility index (Phi) is 3.02. The van der Waals surface area contributed by atoms with Crippen molar-refractivity contribution in [3.63, 3.8) is 0 Å². The Balaban J connectivity index is 1.30. The molecule has 4 rings (SSSR count). The highest BCUT2D eigenvalue weighted by molar-refractivity contribution is 5.92. The van der Waals surface area contributed by atoms with Crippen LogP contribution < -0.4 is 5.32 Å². The highest BCUT2D eigenvalue weighted by Crippen LogP contribution is 2.46. The molecule has 0 spiro atoms. The van der Waals surface area contributed by atoms with E-state index in [4.69, 9.17) is 4.52 Å². The molecule has 108 valence electrons. The Bertz CT molecular complexity index is 646. The van der Waals surface area contributed by atoms with Crippen LogP contribution in [0.1, 0.15) is 52.9 Å². The van der Waals surface area contributed by atoms with E-state index < -0.39 is 0 Å². The van der Waals surface area contributed by atoms with Crippen molar-refractivity contribution < 1.29 is 9.32 Å². The van der Waals surface area contributed by atoms with Gasteiger partial charge in [0.05, 0.1) is 0 Å². The van der Waals surface area contributed by atoms with E-state index in [0.717, 1.165) is 25.0 Å². The average molecular weight is 282 g/mol. The van der Waals surface area contributed by atoms with Crippen molar-refractivity contribution in [1.29, 1.82) is 0 Å². The molecule has 1 aromatic heterocycles. The summed E-state index contributed by atoms with van der Waals surface area (Å²) >= 11 is 0. The maximum absolute atomic E-state index is 12.0. The van der Waals surface area contributed by atoms with E-state index in [1.807, 2.05) is 6.07 Å². The first-order chi connectivity index (χ1) is 10.3. The molecule has 2 atom stereocenters. The maximum Gasteiger partial charge on any atom is 0.273 e. The molecule has 2 saturated carbocycles. The van der Waals surface area contributed by atoms with Gasteiger partial charge in [0.15, 0.2) is 5.69 Å². The highest BCUT2D eigenvalue weighted by Gasteiger charge is 2.38. The lowest BCUT2D eigenvalue weighted by molar-refractivity contribution is 0.0942. The Hall–Kier alpha value is -2.10. The average Bonchev–Trinajstić information content (AvgIpc) is 3.44. The Morgan fingerprint density at radius 3 is 2.86 bits per heavy atom. The van der Waals surface area contributed by atoms with Crippen molar-refractivity contribution in [2.45, 2.75) is 31.1 Å². The van der Waals surface area contributed by atoms with Gasteiger partial charge in [-0.15, -0.1) is 0 Å². The van der Waals surface area contributed by atoms with E-state index >= 15 is 0 Å². The molecule has 2 aliphatic carbocycles. The maximum atomic E-state index is 12.0. The minimum atomic E-state index is -0.121. The van der Waals surface area contributed by atoms with Crippen molar-refractivity contribution in [3.8, 4) is 0 Å². The number of nitrogens with zero attached hydrogens (tertiary/aromatic N) is 1. The lowest BCUT2D eigenvalue weighted by Crippen LogP contribution is -2.26. The topological polar surface area (TPSA) is 55.1 Å². The summed E-state index contributed by atoms with van der Waals surface area (Å²) in [5.41, 5.74) is 1.78. The number of carbonyl (C=O) groups is 1. The Morgan fingerprint density at radius 1 is 1.29 bits per heavy atom. The molecule has 0 saturated heterocycles. The van der Waals surface area contributed by atoms with Crippen LogP contribution in [0.25, 0.3) is 0 Å².